The van der Waals surface area contributed by atoms with Crippen LogP contribution in [0.1, 0.15) is 5.56 Å². The second-order valence-corrected chi connectivity index (χ2v) is 2.94. The summed E-state index contributed by atoms with van der Waals surface area (Å²) in [5, 5.41) is 0. The Kier molecular flexibility index (Phi) is 1.77. The highest BCUT2D eigenvalue weighted by Crippen LogP contribution is 2.24. The highest BCUT2D eigenvalue weighted by Gasteiger charge is 2.06. The molecule has 0 saturated carbocycles. The van der Waals surface area contributed by atoms with Gasteiger partial charge >= 0.3 is 0 Å². The number of hydrogen-bond donors (Lipinski definition) is 1. The fourth-order valence-corrected chi connectivity index (χ4v) is 1.26. The number of nitrogen functional groups attached to an aromatic ring is 1. The van der Waals surface area contributed by atoms with Crippen LogP contribution in [-0.2, 0) is 0 Å². The van der Waals surface area contributed by atoms with Gasteiger partial charge in [0.2, 0.25) is 0 Å². The summed E-state index contributed by atoms with van der Waals surface area (Å²) in [6, 6.07) is 7.95. The van der Waals surface area contributed by atoms with Gasteiger partial charge in [-0.25, -0.2) is 0 Å². The highest BCUT2D eigenvalue weighted by molar-refractivity contribution is 5.68. The average molecular weight is 174 g/mol. The highest BCUT2D eigenvalue weighted by atomic mass is 16.3. The van der Waals surface area contributed by atoms with Crippen LogP contribution >= 0.6 is 0 Å². The van der Waals surface area contributed by atoms with Crippen molar-refractivity contribution in [1.82, 2.24) is 4.98 Å². The quantitative estimate of drug-likeness (QED) is 0.721. The van der Waals surface area contributed by atoms with E-state index >= 15 is 0 Å². The van der Waals surface area contributed by atoms with Gasteiger partial charge in [0.25, 0.3) is 0 Å². The predicted octanol–water partition coefficient (Wildman–Crippen LogP) is 2.23. The molecule has 0 spiro atoms. The number of aromatic nitrogens is 1. The monoisotopic (exact) mass is 174 g/mol. The SMILES string of the molecule is Cc1cccc(-c2ocnc2N)c1. The number of nitrogens with two attached hydrogens (primary N) is 1. The zero-order valence-corrected chi connectivity index (χ0v) is 7.32. The average Bonchev–Trinajstić information content (AvgIpc) is 2.51. The van der Waals surface area contributed by atoms with Crippen molar-refractivity contribution >= 4 is 5.82 Å². The maximum absolute atomic E-state index is 5.62. The molecule has 0 radical (unpaired) electrons. The van der Waals surface area contributed by atoms with Gasteiger partial charge < -0.3 is 10.2 Å². The first kappa shape index (κ1) is 7.86. The second-order valence-electron chi connectivity index (χ2n) is 2.94. The van der Waals surface area contributed by atoms with E-state index in [1.54, 1.807) is 0 Å². The van der Waals surface area contributed by atoms with E-state index in [1.807, 2.05) is 31.2 Å². The van der Waals surface area contributed by atoms with Crippen molar-refractivity contribution in [1.29, 1.82) is 0 Å². The van der Waals surface area contributed by atoms with E-state index in [1.165, 1.54) is 12.0 Å². The van der Waals surface area contributed by atoms with E-state index < -0.39 is 0 Å². The molecule has 0 fully saturated rings. The summed E-state index contributed by atoms with van der Waals surface area (Å²) in [6.45, 7) is 2.02. The summed E-state index contributed by atoms with van der Waals surface area (Å²) < 4.78 is 5.17. The van der Waals surface area contributed by atoms with Crippen LogP contribution < -0.4 is 5.73 Å². The molecule has 0 bridgehead atoms. The Labute approximate surface area is 76.2 Å². The molecule has 66 valence electrons. The van der Waals surface area contributed by atoms with E-state index in [0.717, 1.165) is 5.56 Å². The molecule has 2 rings (SSSR count). The molecule has 3 nitrogen and oxygen atoms in total. The smallest absolute Gasteiger partial charge is 0.183 e. The lowest BCUT2D eigenvalue weighted by atomic mass is 10.1. The van der Waals surface area contributed by atoms with Crippen molar-refractivity contribution in [2.24, 2.45) is 0 Å². The third kappa shape index (κ3) is 1.40. The summed E-state index contributed by atoms with van der Waals surface area (Å²) in [4.78, 5) is 3.83. The van der Waals surface area contributed by atoms with Gasteiger partial charge in [-0.15, -0.1) is 0 Å². The normalized spacial score (nSPS) is 10.2. The lowest BCUT2D eigenvalue weighted by molar-refractivity contribution is 0.572. The molecule has 3 heteroatoms. The molecule has 2 aromatic rings. The zero-order valence-electron chi connectivity index (χ0n) is 7.32. The molecule has 2 N–H and O–H groups in total. The number of anilines is 1. The van der Waals surface area contributed by atoms with Gasteiger partial charge in [-0.2, -0.15) is 4.98 Å². The molecule has 0 unspecified atom stereocenters. The number of rotatable bonds is 1. The van der Waals surface area contributed by atoms with Gasteiger partial charge in [0.15, 0.2) is 18.0 Å². The molecule has 0 saturated heterocycles. The fraction of sp³-hybridized carbons (Fsp3) is 0.100. The van der Waals surface area contributed by atoms with E-state index in [-0.39, 0.29) is 0 Å². The number of nitrogens with zero attached hydrogens (tertiary/aromatic N) is 1. The Morgan fingerprint density at radius 2 is 2.23 bits per heavy atom. The Morgan fingerprint density at radius 1 is 1.38 bits per heavy atom. The molecule has 0 aliphatic carbocycles. The molecule has 13 heavy (non-hydrogen) atoms. The topological polar surface area (TPSA) is 52.0 Å². The fourth-order valence-electron chi connectivity index (χ4n) is 1.26. The number of benzene rings is 1. The number of hydrogen-bond acceptors (Lipinski definition) is 3. The van der Waals surface area contributed by atoms with Crippen molar-refractivity contribution in [3.05, 3.63) is 36.2 Å². The maximum Gasteiger partial charge on any atom is 0.183 e. The largest absolute Gasteiger partial charge is 0.441 e. The third-order valence-corrected chi connectivity index (χ3v) is 1.88. The van der Waals surface area contributed by atoms with Crippen LogP contribution in [0.25, 0.3) is 11.3 Å². The Balaban J connectivity index is 2.53. The second kappa shape index (κ2) is 2.94. The predicted molar refractivity (Wildman–Crippen MR) is 51.1 cm³/mol. The lowest BCUT2D eigenvalue weighted by Gasteiger charge is -1.98. The Morgan fingerprint density at radius 3 is 2.85 bits per heavy atom. The van der Waals surface area contributed by atoms with Gasteiger partial charge in [0, 0.05) is 5.56 Å². The molecular weight excluding hydrogens is 164 g/mol. The van der Waals surface area contributed by atoms with Crippen LogP contribution in [0.2, 0.25) is 0 Å². The van der Waals surface area contributed by atoms with E-state index in [4.69, 9.17) is 10.2 Å². The molecule has 0 aliphatic heterocycles. The molecule has 1 aromatic heterocycles. The van der Waals surface area contributed by atoms with Crippen LogP contribution in [0.5, 0.6) is 0 Å². The van der Waals surface area contributed by atoms with Crippen molar-refractivity contribution in [3.63, 3.8) is 0 Å². The Hall–Kier alpha value is -1.77. The van der Waals surface area contributed by atoms with Crippen LogP contribution in [0, 0.1) is 6.92 Å². The molecule has 0 atom stereocenters. The zero-order chi connectivity index (χ0) is 9.26. The molecule has 1 heterocycles. The summed E-state index contributed by atoms with van der Waals surface area (Å²) in [6.07, 6.45) is 1.35. The molecule has 0 amide bonds. The first-order chi connectivity index (χ1) is 6.27. The Bertz CT molecular complexity index is 420. The first-order valence-corrected chi connectivity index (χ1v) is 4.03. The van der Waals surface area contributed by atoms with Gasteiger partial charge in [0.1, 0.15) is 0 Å². The van der Waals surface area contributed by atoms with Crippen molar-refractivity contribution in [2.45, 2.75) is 6.92 Å². The summed E-state index contributed by atoms with van der Waals surface area (Å²) in [5.74, 6) is 1.08. The first-order valence-electron chi connectivity index (χ1n) is 4.03. The van der Waals surface area contributed by atoms with Gasteiger partial charge in [-0.1, -0.05) is 23.8 Å². The number of aryl methyl sites for hydroxylation is 1. The van der Waals surface area contributed by atoms with Gasteiger partial charge in [-0.3, -0.25) is 0 Å². The minimum absolute atomic E-state index is 0.436. The van der Waals surface area contributed by atoms with E-state index in [2.05, 4.69) is 4.98 Å². The van der Waals surface area contributed by atoms with E-state index in [9.17, 15) is 0 Å². The van der Waals surface area contributed by atoms with Crippen molar-refractivity contribution < 1.29 is 4.42 Å². The minimum atomic E-state index is 0.436. The maximum atomic E-state index is 5.62. The summed E-state index contributed by atoms with van der Waals surface area (Å²) in [7, 11) is 0. The van der Waals surface area contributed by atoms with Crippen LogP contribution in [-0.4, -0.2) is 4.98 Å². The summed E-state index contributed by atoms with van der Waals surface area (Å²) >= 11 is 0. The van der Waals surface area contributed by atoms with Gasteiger partial charge in [-0.05, 0) is 13.0 Å². The van der Waals surface area contributed by atoms with Crippen molar-refractivity contribution in [3.8, 4) is 11.3 Å². The standard InChI is InChI=1S/C10H10N2O/c1-7-3-2-4-8(5-7)9-10(11)12-6-13-9/h2-6H,11H2,1H3. The third-order valence-electron chi connectivity index (χ3n) is 1.88. The van der Waals surface area contributed by atoms with Gasteiger partial charge in [0.05, 0.1) is 0 Å². The minimum Gasteiger partial charge on any atom is -0.441 e. The van der Waals surface area contributed by atoms with Crippen LogP contribution in [0.15, 0.2) is 35.1 Å². The van der Waals surface area contributed by atoms with Crippen LogP contribution in [0.4, 0.5) is 5.82 Å². The molecule has 1 aromatic carbocycles. The van der Waals surface area contributed by atoms with Crippen molar-refractivity contribution in [2.75, 3.05) is 5.73 Å². The number of oxazole rings is 1. The van der Waals surface area contributed by atoms with Crippen LogP contribution in [0.3, 0.4) is 0 Å². The molecule has 0 aliphatic rings. The molecular formula is C10H10N2O. The summed E-state index contributed by atoms with van der Waals surface area (Å²) in [5.41, 5.74) is 7.76. The lowest BCUT2D eigenvalue weighted by Crippen LogP contribution is -1.87. The van der Waals surface area contributed by atoms with E-state index in [0.29, 0.717) is 11.6 Å².